The Morgan fingerprint density at radius 2 is 1.56 bits per heavy atom. The Morgan fingerprint density at radius 3 is 2.16 bits per heavy atom. The maximum absolute atomic E-state index is 11.3. The molecule has 0 amide bonds. The van der Waals surface area contributed by atoms with Crippen molar-refractivity contribution >= 4 is 21.8 Å². The van der Waals surface area contributed by atoms with E-state index in [9.17, 15) is 8.42 Å². The first kappa shape index (κ1) is 17.7. The lowest BCUT2D eigenvalue weighted by molar-refractivity contribution is 0.284. The van der Waals surface area contributed by atoms with Gasteiger partial charge < -0.3 is 4.90 Å². The van der Waals surface area contributed by atoms with Gasteiger partial charge in [0.15, 0.2) is 0 Å². The van der Waals surface area contributed by atoms with Crippen molar-refractivity contribution in [2.24, 2.45) is 5.14 Å². The Balaban J connectivity index is 1.51. The lowest BCUT2D eigenvalue weighted by Crippen LogP contribution is -2.46. The first-order valence-electron chi connectivity index (χ1n) is 8.34. The minimum Gasteiger partial charge on any atom is -0.369 e. The van der Waals surface area contributed by atoms with Gasteiger partial charge in [0.05, 0.1) is 4.90 Å². The van der Waals surface area contributed by atoms with Crippen LogP contribution in [0.25, 0.3) is 6.08 Å². The summed E-state index contributed by atoms with van der Waals surface area (Å²) in [5, 5.41) is 5.14. The van der Waals surface area contributed by atoms with E-state index in [1.165, 1.54) is 5.56 Å². The molecule has 1 fully saturated rings. The molecule has 1 aliphatic heterocycles. The van der Waals surface area contributed by atoms with Gasteiger partial charge in [0, 0.05) is 38.4 Å². The lowest BCUT2D eigenvalue weighted by Gasteiger charge is -2.35. The summed E-state index contributed by atoms with van der Waals surface area (Å²) in [6.07, 6.45) is 4.35. The van der Waals surface area contributed by atoms with Gasteiger partial charge in [-0.2, -0.15) is 0 Å². The van der Waals surface area contributed by atoms with E-state index >= 15 is 0 Å². The molecule has 0 bridgehead atoms. The van der Waals surface area contributed by atoms with E-state index in [0.717, 1.165) is 38.4 Å². The summed E-state index contributed by atoms with van der Waals surface area (Å²) in [7, 11) is -3.63. The number of piperazine rings is 1. The molecule has 1 saturated heterocycles. The Bertz CT molecular complexity index is 810. The fourth-order valence-corrected chi connectivity index (χ4v) is 3.45. The fraction of sp³-hybridized carbons (Fsp3) is 0.263. The highest BCUT2D eigenvalue weighted by Crippen LogP contribution is 2.19. The molecular formula is C19H23N3O2S. The van der Waals surface area contributed by atoms with Crippen molar-refractivity contribution < 1.29 is 8.42 Å². The zero-order valence-corrected chi connectivity index (χ0v) is 14.9. The van der Waals surface area contributed by atoms with E-state index in [2.05, 4.69) is 34.1 Å². The number of nitrogens with zero attached hydrogens (tertiary/aromatic N) is 2. The second-order valence-electron chi connectivity index (χ2n) is 6.14. The molecule has 2 N–H and O–H groups in total. The monoisotopic (exact) mass is 357 g/mol. The van der Waals surface area contributed by atoms with Crippen LogP contribution >= 0.6 is 0 Å². The molecule has 0 aromatic heterocycles. The van der Waals surface area contributed by atoms with Gasteiger partial charge in [0.1, 0.15) is 0 Å². The molecule has 2 aromatic rings. The number of anilines is 1. The van der Waals surface area contributed by atoms with Crippen LogP contribution in [0.4, 0.5) is 5.69 Å². The zero-order valence-electron chi connectivity index (χ0n) is 14.1. The van der Waals surface area contributed by atoms with Crippen LogP contribution in [0.3, 0.4) is 0 Å². The second kappa shape index (κ2) is 7.82. The molecule has 0 atom stereocenters. The number of sulfonamides is 1. The van der Waals surface area contributed by atoms with Gasteiger partial charge >= 0.3 is 0 Å². The van der Waals surface area contributed by atoms with Crippen molar-refractivity contribution in [2.75, 3.05) is 37.6 Å². The van der Waals surface area contributed by atoms with Gasteiger partial charge in [-0.1, -0.05) is 42.5 Å². The van der Waals surface area contributed by atoms with Crippen molar-refractivity contribution in [2.45, 2.75) is 4.90 Å². The molecule has 5 nitrogen and oxygen atoms in total. The summed E-state index contributed by atoms with van der Waals surface area (Å²) in [4.78, 5) is 4.83. The minimum absolute atomic E-state index is 0.154. The standard InChI is InChI=1S/C19H23N3O2S/c20-25(23,24)19-10-8-18(9-11-19)22-15-13-21(14-16-22)12-4-7-17-5-2-1-3-6-17/h1-11H,12-16H2,(H2,20,23,24)/b7-4+. The Hall–Kier alpha value is -2.15. The molecular weight excluding hydrogens is 334 g/mol. The van der Waals surface area contributed by atoms with Crippen LogP contribution in [0.15, 0.2) is 65.6 Å². The number of primary sulfonamides is 1. The maximum atomic E-state index is 11.3. The number of hydrogen-bond donors (Lipinski definition) is 1. The third kappa shape index (κ3) is 4.92. The maximum Gasteiger partial charge on any atom is 0.238 e. The van der Waals surface area contributed by atoms with Crippen molar-refractivity contribution in [1.29, 1.82) is 0 Å². The normalized spacial score (nSPS) is 16.4. The fourth-order valence-electron chi connectivity index (χ4n) is 2.94. The topological polar surface area (TPSA) is 66.6 Å². The van der Waals surface area contributed by atoms with Gasteiger partial charge in [0.2, 0.25) is 10.0 Å². The van der Waals surface area contributed by atoms with E-state index in [0.29, 0.717) is 0 Å². The van der Waals surface area contributed by atoms with Crippen LogP contribution in [-0.4, -0.2) is 46.0 Å². The van der Waals surface area contributed by atoms with Crippen LogP contribution < -0.4 is 10.0 Å². The largest absolute Gasteiger partial charge is 0.369 e. The number of rotatable bonds is 5. The Labute approximate surface area is 149 Å². The molecule has 0 spiro atoms. The third-order valence-electron chi connectivity index (χ3n) is 4.38. The smallest absolute Gasteiger partial charge is 0.238 e. The quantitative estimate of drug-likeness (QED) is 0.891. The molecule has 0 saturated carbocycles. The predicted octanol–water partition coefficient (Wildman–Crippen LogP) is 2.17. The van der Waals surface area contributed by atoms with Gasteiger partial charge in [-0.25, -0.2) is 13.6 Å². The van der Waals surface area contributed by atoms with Crippen LogP contribution in [0.1, 0.15) is 5.56 Å². The van der Waals surface area contributed by atoms with E-state index in [1.807, 2.05) is 30.3 Å². The summed E-state index contributed by atoms with van der Waals surface area (Å²) < 4.78 is 22.6. The molecule has 25 heavy (non-hydrogen) atoms. The average molecular weight is 357 g/mol. The average Bonchev–Trinajstić information content (AvgIpc) is 2.63. The van der Waals surface area contributed by atoms with Gasteiger partial charge in [-0.3, -0.25) is 4.90 Å². The van der Waals surface area contributed by atoms with E-state index in [4.69, 9.17) is 5.14 Å². The zero-order chi connectivity index (χ0) is 17.7. The second-order valence-corrected chi connectivity index (χ2v) is 7.70. The minimum atomic E-state index is -3.63. The van der Waals surface area contributed by atoms with Gasteiger partial charge in [-0.05, 0) is 29.8 Å². The van der Waals surface area contributed by atoms with Crippen molar-refractivity contribution in [3.05, 3.63) is 66.2 Å². The lowest BCUT2D eigenvalue weighted by atomic mass is 10.2. The molecule has 1 heterocycles. The number of benzene rings is 2. The van der Waals surface area contributed by atoms with E-state index in [1.54, 1.807) is 12.1 Å². The van der Waals surface area contributed by atoms with E-state index in [-0.39, 0.29) is 4.90 Å². The highest BCUT2D eigenvalue weighted by Gasteiger charge is 2.17. The highest BCUT2D eigenvalue weighted by molar-refractivity contribution is 7.89. The van der Waals surface area contributed by atoms with Gasteiger partial charge in [0.25, 0.3) is 0 Å². The summed E-state index contributed by atoms with van der Waals surface area (Å²) >= 11 is 0. The molecule has 3 rings (SSSR count). The first-order valence-corrected chi connectivity index (χ1v) is 9.89. The SMILES string of the molecule is NS(=O)(=O)c1ccc(N2CCN(C/C=C/c3ccccc3)CC2)cc1. The number of nitrogens with two attached hydrogens (primary N) is 1. The molecule has 0 aliphatic carbocycles. The highest BCUT2D eigenvalue weighted by atomic mass is 32.2. The van der Waals surface area contributed by atoms with Crippen molar-refractivity contribution in [3.63, 3.8) is 0 Å². The van der Waals surface area contributed by atoms with E-state index < -0.39 is 10.0 Å². The summed E-state index contributed by atoms with van der Waals surface area (Å²) in [6.45, 7) is 4.75. The van der Waals surface area contributed by atoms with Crippen LogP contribution in [0.5, 0.6) is 0 Å². The van der Waals surface area contributed by atoms with Crippen molar-refractivity contribution in [3.8, 4) is 0 Å². The van der Waals surface area contributed by atoms with Crippen LogP contribution in [0.2, 0.25) is 0 Å². The summed E-state index contributed by atoms with van der Waals surface area (Å²) in [5.41, 5.74) is 2.25. The molecule has 2 aromatic carbocycles. The number of hydrogen-bond acceptors (Lipinski definition) is 4. The molecule has 6 heteroatoms. The third-order valence-corrected chi connectivity index (χ3v) is 5.31. The van der Waals surface area contributed by atoms with Crippen LogP contribution in [0, 0.1) is 0 Å². The molecule has 0 radical (unpaired) electrons. The molecule has 0 unspecified atom stereocenters. The Kier molecular flexibility index (Phi) is 5.53. The summed E-state index contributed by atoms with van der Waals surface area (Å²) in [6, 6.07) is 17.1. The predicted molar refractivity (Wildman–Crippen MR) is 102 cm³/mol. The molecule has 132 valence electrons. The molecule has 1 aliphatic rings. The first-order chi connectivity index (χ1) is 12.0. The Morgan fingerprint density at radius 1 is 0.920 bits per heavy atom. The van der Waals surface area contributed by atoms with Gasteiger partial charge in [-0.15, -0.1) is 0 Å². The van der Waals surface area contributed by atoms with Crippen LogP contribution in [-0.2, 0) is 10.0 Å². The summed E-state index contributed by atoms with van der Waals surface area (Å²) in [5.74, 6) is 0. The van der Waals surface area contributed by atoms with Crippen molar-refractivity contribution in [1.82, 2.24) is 4.90 Å².